The van der Waals surface area contributed by atoms with Gasteiger partial charge in [-0.3, -0.25) is 0 Å². The number of rotatable bonds is 5. The van der Waals surface area contributed by atoms with Crippen molar-refractivity contribution in [3.05, 3.63) is 175 Å². The van der Waals surface area contributed by atoms with E-state index in [1.165, 1.54) is 0 Å². The van der Waals surface area contributed by atoms with Crippen LogP contribution >= 0.6 is 0 Å². The molecule has 0 bridgehead atoms. The molecule has 0 spiro atoms. The maximum absolute atomic E-state index is 10.9. The molecule has 0 unspecified atom stereocenters. The van der Waals surface area contributed by atoms with Crippen LogP contribution in [-0.4, -0.2) is 24.1 Å². The predicted octanol–water partition coefficient (Wildman–Crippen LogP) is 10.9. The van der Waals surface area contributed by atoms with Crippen LogP contribution in [0.1, 0.15) is 5.56 Å². The van der Waals surface area contributed by atoms with E-state index in [4.69, 9.17) is 15.0 Å². The predicted molar refractivity (Wildman–Crippen MR) is 210 cm³/mol. The maximum Gasteiger partial charge on any atom is 0.166 e. The van der Waals surface area contributed by atoms with Crippen molar-refractivity contribution in [3.8, 4) is 51.6 Å². The fraction of sp³-hybridized carbons (Fsp3) is 0. The zero-order valence-electron chi connectivity index (χ0n) is 27.8. The number of para-hydroxylation sites is 4. The SMILES string of the molecule is N#Cc1cc(-c2nc(-c3ccccc3)nc(-c3ccccc3)n2)c(-n2c3ccccc3c3ccccc32)cc1-n1c2ccccc2c2ccccc21. The molecule has 0 saturated heterocycles. The Bertz CT molecular complexity index is 2860. The van der Waals surface area contributed by atoms with Crippen molar-refractivity contribution in [1.82, 2.24) is 24.1 Å². The molecule has 6 heteroatoms. The molecule has 0 amide bonds. The molecule has 0 N–H and O–H groups in total. The van der Waals surface area contributed by atoms with Crippen LogP contribution in [0.2, 0.25) is 0 Å². The van der Waals surface area contributed by atoms with Crippen LogP contribution in [0.5, 0.6) is 0 Å². The highest BCUT2D eigenvalue weighted by atomic mass is 15.1. The largest absolute Gasteiger partial charge is 0.308 e. The fourth-order valence-corrected chi connectivity index (χ4v) is 7.51. The third kappa shape index (κ3) is 4.61. The van der Waals surface area contributed by atoms with Gasteiger partial charge in [0, 0.05) is 38.2 Å². The van der Waals surface area contributed by atoms with Crippen molar-refractivity contribution in [2.24, 2.45) is 0 Å². The van der Waals surface area contributed by atoms with Crippen LogP contribution in [0, 0.1) is 11.3 Å². The van der Waals surface area contributed by atoms with Gasteiger partial charge >= 0.3 is 0 Å². The Kier molecular flexibility index (Phi) is 6.76. The van der Waals surface area contributed by atoms with Crippen molar-refractivity contribution in [2.45, 2.75) is 0 Å². The fourth-order valence-electron chi connectivity index (χ4n) is 7.51. The van der Waals surface area contributed by atoms with E-state index in [0.717, 1.165) is 71.7 Å². The second-order valence-electron chi connectivity index (χ2n) is 12.8. The van der Waals surface area contributed by atoms with E-state index in [1.807, 2.05) is 78.9 Å². The molecule has 0 aliphatic carbocycles. The van der Waals surface area contributed by atoms with E-state index < -0.39 is 0 Å². The zero-order chi connectivity index (χ0) is 34.6. The van der Waals surface area contributed by atoms with Crippen LogP contribution in [0.4, 0.5) is 0 Å². The minimum atomic E-state index is 0.481. The van der Waals surface area contributed by atoms with Gasteiger partial charge in [-0.25, -0.2) is 15.0 Å². The lowest BCUT2D eigenvalue weighted by Crippen LogP contribution is -2.07. The molecule has 0 aliphatic rings. The average Bonchev–Trinajstić information content (AvgIpc) is 3.74. The van der Waals surface area contributed by atoms with E-state index in [9.17, 15) is 5.26 Å². The van der Waals surface area contributed by atoms with E-state index >= 15 is 0 Å². The molecule has 0 saturated carbocycles. The second-order valence-corrected chi connectivity index (χ2v) is 12.8. The van der Waals surface area contributed by atoms with Crippen molar-refractivity contribution in [2.75, 3.05) is 0 Å². The minimum absolute atomic E-state index is 0.481. The molecular weight excluding hydrogens is 637 g/mol. The summed E-state index contributed by atoms with van der Waals surface area (Å²) < 4.78 is 4.50. The molecule has 10 rings (SSSR count). The number of hydrogen-bond acceptors (Lipinski definition) is 4. The Labute approximate surface area is 299 Å². The first-order valence-corrected chi connectivity index (χ1v) is 17.2. The summed E-state index contributed by atoms with van der Waals surface area (Å²) in [5.74, 6) is 1.60. The first-order valence-electron chi connectivity index (χ1n) is 17.2. The number of hydrogen-bond donors (Lipinski definition) is 0. The average molecular weight is 665 g/mol. The highest BCUT2D eigenvalue weighted by Gasteiger charge is 2.23. The minimum Gasteiger partial charge on any atom is -0.308 e. The van der Waals surface area contributed by atoms with E-state index in [2.05, 4.69) is 106 Å². The van der Waals surface area contributed by atoms with Gasteiger partial charge in [-0.2, -0.15) is 5.26 Å². The summed E-state index contributed by atoms with van der Waals surface area (Å²) in [7, 11) is 0. The summed E-state index contributed by atoms with van der Waals surface area (Å²) in [4.78, 5) is 15.3. The second kappa shape index (κ2) is 11.9. The monoisotopic (exact) mass is 664 g/mol. The van der Waals surface area contributed by atoms with Crippen molar-refractivity contribution < 1.29 is 0 Å². The molecule has 10 aromatic rings. The number of nitrogens with zero attached hydrogens (tertiary/aromatic N) is 6. The standard InChI is InChI=1S/C46H28N6/c47-29-32-27-37(46-49-44(30-15-3-1-4-16-30)48-45(50-46)31-17-5-2-6-18-31)43(52-40-25-13-9-21-35(40)36-22-10-14-26-41(36)52)28-42(32)51-38-23-11-7-19-33(38)34-20-8-12-24-39(34)51/h1-28H. The molecule has 6 nitrogen and oxygen atoms in total. The normalized spacial score (nSPS) is 11.4. The lowest BCUT2D eigenvalue weighted by molar-refractivity contribution is 1.06. The van der Waals surface area contributed by atoms with Crippen LogP contribution in [0.15, 0.2) is 170 Å². The van der Waals surface area contributed by atoms with Gasteiger partial charge in [-0.1, -0.05) is 133 Å². The van der Waals surface area contributed by atoms with Crippen molar-refractivity contribution in [1.29, 1.82) is 5.26 Å². The molecule has 7 aromatic carbocycles. The van der Waals surface area contributed by atoms with Gasteiger partial charge < -0.3 is 9.13 Å². The zero-order valence-corrected chi connectivity index (χ0v) is 27.8. The summed E-state index contributed by atoms with van der Waals surface area (Å²) in [5.41, 5.74) is 8.77. The highest BCUT2D eigenvalue weighted by molar-refractivity contribution is 6.11. The Morgan fingerprint density at radius 3 is 1.17 bits per heavy atom. The molecule has 52 heavy (non-hydrogen) atoms. The maximum atomic E-state index is 10.9. The molecule has 242 valence electrons. The van der Waals surface area contributed by atoms with E-state index in [1.54, 1.807) is 0 Å². The van der Waals surface area contributed by atoms with E-state index in [-0.39, 0.29) is 0 Å². The number of aromatic nitrogens is 5. The third-order valence-corrected chi connectivity index (χ3v) is 9.82. The topological polar surface area (TPSA) is 72.3 Å². The molecule has 3 heterocycles. The van der Waals surface area contributed by atoms with Gasteiger partial charge in [0.15, 0.2) is 17.5 Å². The first kappa shape index (κ1) is 29.5. The van der Waals surface area contributed by atoms with Crippen LogP contribution in [0.25, 0.3) is 89.2 Å². The lowest BCUT2D eigenvalue weighted by atomic mass is 10.0. The smallest absolute Gasteiger partial charge is 0.166 e. The quantitative estimate of drug-likeness (QED) is 0.184. The van der Waals surface area contributed by atoms with Gasteiger partial charge in [0.2, 0.25) is 0 Å². The summed E-state index contributed by atoms with van der Waals surface area (Å²) >= 11 is 0. The first-order chi connectivity index (χ1) is 25.8. The molecule has 0 fully saturated rings. The summed E-state index contributed by atoms with van der Waals surface area (Å²) in [6, 6.07) is 60.2. The molecule has 0 atom stereocenters. The van der Waals surface area contributed by atoms with Gasteiger partial charge in [0.05, 0.1) is 39.0 Å². The summed E-state index contributed by atoms with van der Waals surface area (Å²) in [6.07, 6.45) is 0. The Morgan fingerprint density at radius 2 is 0.750 bits per heavy atom. The third-order valence-electron chi connectivity index (χ3n) is 9.82. The van der Waals surface area contributed by atoms with Crippen LogP contribution < -0.4 is 0 Å². The summed E-state index contributed by atoms with van der Waals surface area (Å²) in [5, 5.41) is 15.5. The molecule has 3 aromatic heterocycles. The Balaban J connectivity index is 1.36. The number of nitriles is 1. The number of benzene rings is 7. The Hall–Kier alpha value is -7.36. The van der Waals surface area contributed by atoms with Crippen LogP contribution in [-0.2, 0) is 0 Å². The molecule has 0 radical (unpaired) electrons. The highest BCUT2D eigenvalue weighted by Crippen LogP contribution is 2.40. The van der Waals surface area contributed by atoms with Crippen molar-refractivity contribution >= 4 is 43.6 Å². The number of fused-ring (bicyclic) bond motifs is 6. The van der Waals surface area contributed by atoms with Gasteiger partial charge in [0.1, 0.15) is 6.07 Å². The van der Waals surface area contributed by atoms with Gasteiger partial charge in [0.25, 0.3) is 0 Å². The van der Waals surface area contributed by atoms with Crippen molar-refractivity contribution in [3.63, 3.8) is 0 Å². The van der Waals surface area contributed by atoms with Crippen LogP contribution in [0.3, 0.4) is 0 Å². The lowest BCUT2D eigenvalue weighted by Gasteiger charge is -2.18. The Morgan fingerprint density at radius 1 is 0.385 bits per heavy atom. The van der Waals surface area contributed by atoms with E-state index in [0.29, 0.717) is 23.0 Å². The summed E-state index contributed by atoms with van der Waals surface area (Å²) in [6.45, 7) is 0. The molecular formula is C46H28N6. The van der Waals surface area contributed by atoms with Gasteiger partial charge in [-0.15, -0.1) is 0 Å². The van der Waals surface area contributed by atoms with Gasteiger partial charge in [-0.05, 0) is 36.4 Å². The molecule has 0 aliphatic heterocycles.